The number of amides is 1. The first-order chi connectivity index (χ1) is 7.74. The molecule has 1 aromatic carbocycles. The Morgan fingerprint density at radius 2 is 1.94 bits per heavy atom. The minimum atomic E-state index is -3.76. The van der Waals surface area contributed by atoms with Gasteiger partial charge in [-0.3, -0.25) is 4.79 Å². The molecule has 0 unspecified atom stereocenters. The zero-order chi connectivity index (χ0) is 13.2. The van der Waals surface area contributed by atoms with E-state index in [2.05, 4.69) is 4.72 Å². The summed E-state index contributed by atoms with van der Waals surface area (Å²) in [4.78, 5) is 10.6. The maximum Gasteiger partial charge on any atom is 0.241 e. The number of aryl methyl sites for hydroxylation is 1. The lowest BCUT2D eigenvalue weighted by atomic mass is 10.1. The summed E-state index contributed by atoms with van der Waals surface area (Å²) >= 11 is 0. The van der Waals surface area contributed by atoms with Gasteiger partial charge in [-0.1, -0.05) is 0 Å². The summed E-state index contributed by atoms with van der Waals surface area (Å²) in [5, 5.41) is 0. The lowest BCUT2D eigenvalue weighted by Gasteiger charge is -2.11. The molecule has 0 heterocycles. The number of nitrogen functional groups attached to an aromatic ring is 1. The van der Waals surface area contributed by atoms with Crippen molar-refractivity contribution < 1.29 is 13.2 Å². The van der Waals surface area contributed by atoms with Crippen molar-refractivity contribution in [3.63, 3.8) is 0 Å². The first kappa shape index (κ1) is 13.5. The first-order valence-corrected chi connectivity index (χ1v) is 6.37. The number of sulfonamides is 1. The monoisotopic (exact) mass is 257 g/mol. The molecule has 6 nitrogen and oxygen atoms in total. The van der Waals surface area contributed by atoms with Crippen molar-refractivity contribution in [2.24, 2.45) is 5.73 Å². The second kappa shape index (κ2) is 4.72. The van der Waals surface area contributed by atoms with Gasteiger partial charge in [0, 0.05) is 5.69 Å². The molecule has 0 aliphatic carbocycles. The number of primary amides is 1. The molecule has 0 aliphatic rings. The van der Waals surface area contributed by atoms with Crippen molar-refractivity contribution in [1.82, 2.24) is 4.72 Å². The van der Waals surface area contributed by atoms with Gasteiger partial charge in [-0.05, 0) is 37.1 Å². The quantitative estimate of drug-likeness (QED) is 0.639. The van der Waals surface area contributed by atoms with E-state index in [-0.39, 0.29) is 4.90 Å². The Balaban J connectivity index is 3.19. The summed E-state index contributed by atoms with van der Waals surface area (Å²) in [5.74, 6) is -0.744. The average Bonchev–Trinajstić information content (AvgIpc) is 2.20. The van der Waals surface area contributed by atoms with Crippen LogP contribution in [0, 0.1) is 13.8 Å². The predicted octanol–water partition coefficient (Wildman–Crippen LogP) is -0.351. The van der Waals surface area contributed by atoms with Crippen molar-refractivity contribution >= 4 is 21.6 Å². The number of hydrogen-bond acceptors (Lipinski definition) is 4. The van der Waals surface area contributed by atoms with Crippen LogP contribution < -0.4 is 16.2 Å². The lowest BCUT2D eigenvalue weighted by molar-refractivity contribution is -0.116. The summed E-state index contributed by atoms with van der Waals surface area (Å²) in [6.45, 7) is 2.91. The Morgan fingerprint density at radius 3 is 2.47 bits per heavy atom. The summed E-state index contributed by atoms with van der Waals surface area (Å²) in [6, 6.07) is 3.18. The molecule has 1 rings (SSSR count). The smallest absolute Gasteiger partial charge is 0.241 e. The zero-order valence-electron chi connectivity index (χ0n) is 9.65. The van der Waals surface area contributed by atoms with Crippen LogP contribution in [-0.2, 0) is 14.8 Å². The van der Waals surface area contributed by atoms with Gasteiger partial charge in [-0.15, -0.1) is 0 Å². The maximum atomic E-state index is 11.9. The van der Waals surface area contributed by atoms with Crippen LogP contribution in [0.1, 0.15) is 11.1 Å². The topological polar surface area (TPSA) is 115 Å². The van der Waals surface area contributed by atoms with E-state index in [9.17, 15) is 13.2 Å². The van der Waals surface area contributed by atoms with Crippen LogP contribution in [0.5, 0.6) is 0 Å². The minimum Gasteiger partial charge on any atom is -0.398 e. The van der Waals surface area contributed by atoms with Gasteiger partial charge in [0.15, 0.2) is 0 Å². The molecule has 17 heavy (non-hydrogen) atoms. The SMILES string of the molecule is Cc1cc(N)c(C)c(S(=O)(=O)NCC(N)=O)c1. The van der Waals surface area contributed by atoms with E-state index in [1.165, 1.54) is 6.07 Å². The van der Waals surface area contributed by atoms with E-state index >= 15 is 0 Å². The fourth-order valence-corrected chi connectivity index (χ4v) is 2.73. The number of carbonyl (C=O) groups is 1. The minimum absolute atomic E-state index is 0.0660. The van der Waals surface area contributed by atoms with Crippen molar-refractivity contribution in [2.45, 2.75) is 18.7 Å². The highest BCUT2D eigenvalue weighted by atomic mass is 32.2. The molecular weight excluding hydrogens is 242 g/mol. The van der Waals surface area contributed by atoms with E-state index in [0.717, 1.165) is 5.56 Å². The summed E-state index contributed by atoms with van der Waals surface area (Å²) < 4.78 is 25.9. The average molecular weight is 257 g/mol. The van der Waals surface area contributed by atoms with Gasteiger partial charge in [-0.25, -0.2) is 13.1 Å². The third-order valence-corrected chi connectivity index (χ3v) is 3.80. The molecule has 7 heteroatoms. The molecule has 5 N–H and O–H groups in total. The fourth-order valence-electron chi connectivity index (χ4n) is 1.38. The van der Waals surface area contributed by atoms with Gasteiger partial charge < -0.3 is 11.5 Å². The number of nitrogens with two attached hydrogens (primary N) is 2. The largest absolute Gasteiger partial charge is 0.398 e. The highest BCUT2D eigenvalue weighted by Gasteiger charge is 2.18. The van der Waals surface area contributed by atoms with Crippen LogP contribution in [0.2, 0.25) is 0 Å². The molecular formula is C10H15N3O3S. The third kappa shape index (κ3) is 3.18. The molecule has 0 saturated carbocycles. The molecule has 0 fully saturated rings. The number of carbonyl (C=O) groups excluding carboxylic acids is 1. The second-order valence-corrected chi connectivity index (χ2v) is 5.50. The van der Waals surface area contributed by atoms with Gasteiger partial charge >= 0.3 is 0 Å². The van der Waals surface area contributed by atoms with Crippen LogP contribution in [0.15, 0.2) is 17.0 Å². The summed E-state index contributed by atoms with van der Waals surface area (Å²) in [6.07, 6.45) is 0. The van der Waals surface area contributed by atoms with Crippen LogP contribution in [0.3, 0.4) is 0 Å². The molecule has 0 spiro atoms. The summed E-state index contributed by atoms with van der Waals surface area (Å²) in [5.41, 5.74) is 12.1. The molecule has 0 radical (unpaired) electrons. The number of nitrogens with one attached hydrogen (secondary N) is 1. The van der Waals surface area contributed by atoms with Gasteiger partial charge in [0.1, 0.15) is 0 Å². The Kier molecular flexibility index (Phi) is 3.74. The molecule has 1 amide bonds. The molecule has 0 aromatic heterocycles. The summed E-state index contributed by atoms with van der Waals surface area (Å²) in [7, 11) is -3.76. The van der Waals surface area contributed by atoms with E-state index in [4.69, 9.17) is 11.5 Å². The third-order valence-electron chi connectivity index (χ3n) is 2.27. The first-order valence-electron chi connectivity index (χ1n) is 4.88. The van der Waals surface area contributed by atoms with Crippen molar-refractivity contribution in [1.29, 1.82) is 0 Å². The number of rotatable bonds is 4. The van der Waals surface area contributed by atoms with Crippen LogP contribution in [0.25, 0.3) is 0 Å². The Morgan fingerprint density at radius 1 is 1.35 bits per heavy atom. The predicted molar refractivity (Wildman–Crippen MR) is 64.7 cm³/mol. The fraction of sp³-hybridized carbons (Fsp3) is 0.300. The normalized spacial score (nSPS) is 11.4. The molecule has 94 valence electrons. The van der Waals surface area contributed by atoms with E-state index < -0.39 is 22.5 Å². The number of anilines is 1. The van der Waals surface area contributed by atoms with Gasteiger partial charge in [0.05, 0.1) is 11.4 Å². The Labute approximate surface area is 100 Å². The van der Waals surface area contributed by atoms with Crippen LogP contribution in [0.4, 0.5) is 5.69 Å². The molecule has 0 saturated heterocycles. The molecule has 1 aromatic rings. The standard InChI is InChI=1S/C10H15N3O3S/c1-6-3-8(11)7(2)9(4-6)17(15,16)13-5-10(12)14/h3-4,13H,5,11H2,1-2H3,(H2,12,14). The number of hydrogen-bond donors (Lipinski definition) is 3. The van der Waals surface area contributed by atoms with Crippen molar-refractivity contribution in [3.8, 4) is 0 Å². The van der Waals surface area contributed by atoms with Gasteiger partial charge in [0.25, 0.3) is 0 Å². The zero-order valence-corrected chi connectivity index (χ0v) is 10.5. The van der Waals surface area contributed by atoms with Gasteiger partial charge in [-0.2, -0.15) is 0 Å². The van der Waals surface area contributed by atoms with E-state index in [1.807, 2.05) is 0 Å². The van der Waals surface area contributed by atoms with Crippen molar-refractivity contribution in [3.05, 3.63) is 23.3 Å². The number of benzene rings is 1. The van der Waals surface area contributed by atoms with Crippen LogP contribution >= 0.6 is 0 Å². The molecule has 0 aliphatic heterocycles. The lowest BCUT2D eigenvalue weighted by Crippen LogP contribution is -2.33. The second-order valence-electron chi connectivity index (χ2n) is 3.77. The maximum absolute atomic E-state index is 11.9. The van der Waals surface area contributed by atoms with E-state index in [1.54, 1.807) is 19.9 Å². The van der Waals surface area contributed by atoms with Crippen molar-refractivity contribution in [2.75, 3.05) is 12.3 Å². The Hall–Kier alpha value is -1.60. The molecule has 0 atom stereocenters. The van der Waals surface area contributed by atoms with Gasteiger partial charge in [0.2, 0.25) is 15.9 Å². The Bertz CT molecular complexity index is 552. The van der Waals surface area contributed by atoms with Crippen LogP contribution in [-0.4, -0.2) is 20.9 Å². The van der Waals surface area contributed by atoms with E-state index in [0.29, 0.717) is 11.3 Å². The highest BCUT2D eigenvalue weighted by molar-refractivity contribution is 7.89. The highest BCUT2D eigenvalue weighted by Crippen LogP contribution is 2.22. The molecule has 0 bridgehead atoms.